The average molecular weight is 625 g/mol. The maximum absolute atomic E-state index is 13.9. The van der Waals surface area contributed by atoms with E-state index in [1.165, 1.54) is 75.6 Å². The van der Waals surface area contributed by atoms with Gasteiger partial charge in [-0.1, -0.05) is 78.6 Å². The summed E-state index contributed by atoms with van der Waals surface area (Å²) in [5.74, 6) is 2.36. The van der Waals surface area contributed by atoms with E-state index in [-0.39, 0.29) is 11.2 Å². The summed E-state index contributed by atoms with van der Waals surface area (Å²) in [7, 11) is 0. The molecule has 1 saturated heterocycles. The van der Waals surface area contributed by atoms with Gasteiger partial charge < -0.3 is 4.57 Å². The Hall–Kier alpha value is -3.76. The summed E-state index contributed by atoms with van der Waals surface area (Å²) in [6.45, 7) is 8.43. The van der Waals surface area contributed by atoms with Crippen LogP contribution in [0.3, 0.4) is 0 Å². The van der Waals surface area contributed by atoms with Crippen LogP contribution in [0.15, 0.2) is 91.4 Å². The molecule has 242 valence electrons. The summed E-state index contributed by atoms with van der Waals surface area (Å²) in [5, 5.41) is 0. The van der Waals surface area contributed by atoms with Gasteiger partial charge in [0.2, 0.25) is 5.78 Å². The third-order valence-electron chi connectivity index (χ3n) is 12.5. The van der Waals surface area contributed by atoms with Crippen LogP contribution in [-0.2, 0) is 12.0 Å². The van der Waals surface area contributed by atoms with Crippen LogP contribution in [0.1, 0.15) is 125 Å². The van der Waals surface area contributed by atoms with E-state index in [0.717, 1.165) is 52.5 Å². The number of allylic oxidation sites excluding steroid dienone is 1. The van der Waals surface area contributed by atoms with Crippen molar-refractivity contribution in [2.24, 2.45) is 0 Å². The van der Waals surface area contributed by atoms with Crippen molar-refractivity contribution in [2.75, 3.05) is 19.6 Å². The van der Waals surface area contributed by atoms with E-state index in [1.54, 1.807) is 11.1 Å². The van der Waals surface area contributed by atoms with Crippen LogP contribution in [0.5, 0.6) is 0 Å². The average Bonchev–Trinajstić information content (AvgIpc) is 3.51. The zero-order valence-electron chi connectivity index (χ0n) is 28.3. The lowest BCUT2D eigenvalue weighted by molar-refractivity contribution is -0.890. The second-order valence-electron chi connectivity index (χ2n) is 15.5. The normalized spacial score (nSPS) is 24.6. The van der Waals surface area contributed by atoms with Crippen LogP contribution >= 0.6 is 0 Å². The fourth-order valence-electron chi connectivity index (χ4n) is 9.08. The fraction of sp³-hybridized carbons (Fsp3) is 0.442. The molecule has 2 saturated carbocycles. The summed E-state index contributed by atoms with van der Waals surface area (Å²) in [6.07, 6.45) is 20.5. The fourth-order valence-corrected chi connectivity index (χ4v) is 9.08. The molecular weight excluding hydrogens is 574 g/mol. The number of aryl methyl sites for hydroxylation is 2. The van der Waals surface area contributed by atoms with Gasteiger partial charge >= 0.3 is 0 Å². The van der Waals surface area contributed by atoms with Gasteiger partial charge in [0.05, 0.1) is 25.8 Å². The lowest BCUT2D eigenvalue weighted by Crippen LogP contribution is -2.57. The highest BCUT2D eigenvalue weighted by Crippen LogP contribution is 2.47. The lowest BCUT2D eigenvalue weighted by Gasteiger charge is -2.50. The third kappa shape index (κ3) is 5.84. The largest absolute Gasteiger partial charge is 0.328 e. The molecule has 47 heavy (non-hydrogen) atoms. The zero-order valence-corrected chi connectivity index (χ0v) is 28.3. The van der Waals surface area contributed by atoms with Crippen molar-refractivity contribution in [3.8, 4) is 0 Å². The number of ketones is 1. The summed E-state index contributed by atoms with van der Waals surface area (Å²) >= 11 is 0. The number of hydrogen-bond acceptors (Lipinski definition) is 2. The molecule has 9 rings (SSSR count). The maximum Gasteiger partial charge on any atom is 0.228 e. The molecule has 0 amide bonds. The van der Waals surface area contributed by atoms with E-state index in [1.807, 2.05) is 24.5 Å². The first-order chi connectivity index (χ1) is 22.9. The van der Waals surface area contributed by atoms with Gasteiger partial charge in [-0.2, -0.15) is 0 Å². The summed E-state index contributed by atoms with van der Waals surface area (Å²) < 4.78 is 3.23. The Bertz CT molecular complexity index is 1760. The SMILES string of the molecule is Cc1cc(C)cc(C(=O)c2nccn2CC(CC[N+]23C=CC(c4ccccc4)(CC2)CC3)c2ccc(C3CCC3)c(C3CCC3)c2)c1. The molecule has 2 aliphatic carbocycles. The van der Waals surface area contributed by atoms with Crippen LogP contribution in [0.25, 0.3) is 0 Å². The first-order valence-corrected chi connectivity index (χ1v) is 18.3. The minimum Gasteiger partial charge on any atom is -0.328 e. The van der Waals surface area contributed by atoms with Gasteiger partial charge in [-0.05, 0) is 91.8 Å². The Morgan fingerprint density at radius 3 is 2.23 bits per heavy atom. The number of piperidine rings is 1. The number of aromatic nitrogens is 2. The molecule has 4 heterocycles. The van der Waals surface area contributed by atoms with E-state index in [4.69, 9.17) is 0 Å². The van der Waals surface area contributed by atoms with E-state index in [9.17, 15) is 4.79 Å². The molecule has 2 bridgehead atoms. The predicted molar refractivity (Wildman–Crippen MR) is 190 cm³/mol. The number of nitrogens with zero attached hydrogens (tertiary/aromatic N) is 3. The van der Waals surface area contributed by atoms with Crippen molar-refractivity contribution in [3.63, 3.8) is 0 Å². The molecule has 0 spiro atoms. The number of carbonyl (C=O) groups is 1. The second kappa shape index (κ2) is 12.4. The molecule has 5 aliphatic rings. The highest BCUT2D eigenvalue weighted by Gasteiger charge is 2.46. The zero-order chi connectivity index (χ0) is 32.0. The second-order valence-corrected chi connectivity index (χ2v) is 15.5. The molecule has 3 aliphatic heterocycles. The standard InChI is InChI=1S/C43H50N3O/c1-31-26-32(2)28-37(27-31)41(47)42-44-20-21-45(42)30-36(35-14-15-39(33-8-6-9-33)40(29-35)34-10-7-11-34)16-22-46-23-17-43(18-24-46,19-25-46)38-12-4-3-5-13-38/h3-5,12-15,17,20-21,23,26-29,33-34,36H,6-11,16,18-19,22,24-25,30H2,1-2H3/q+1. The van der Waals surface area contributed by atoms with Crippen LogP contribution in [0, 0.1) is 13.8 Å². The maximum atomic E-state index is 13.9. The van der Waals surface area contributed by atoms with Gasteiger partial charge in [-0.3, -0.25) is 9.28 Å². The van der Waals surface area contributed by atoms with Crippen molar-refractivity contribution in [3.05, 3.63) is 136 Å². The van der Waals surface area contributed by atoms with Crippen molar-refractivity contribution in [1.29, 1.82) is 0 Å². The van der Waals surface area contributed by atoms with E-state index < -0.39 is 0 Å². The van der Waals surface area contributed by atoms with Crippen molar-refractivity contribution >= 4 is 5.78 Å². The first-order valence-electron chi connectivity index (χ1n) is 18.3. The van der Waals surface area contributed by atoms with Crippen molar-refractivity contribution in [1.82, 2.24) is 9.55 Å². The van der Waals surface area contributed by atoms with Crippen molar-refractivity contribution < 1.29 is 9.28 Å². The van der Waals surface area contributed by atoms with E-state index >= 15 is 0 Å². The lowest BCUT2D eigenvalue weighted by atomic mass is 9.69. The van der Waals surface area contributed by atoms with Gasteiger partial charge in [0.15, 0.2) is 5.82 Å². The molecule has 4 aromatic rings. The Labute approximate surface area is 281 Å². The van der Waals surface area contributed by atoms with E-state index in [0.29, 0.717) is 11.7 Å². The molecule has 4 heteroatoms. The first kappa shape index (κ1) is 30.6. The summed E-state index contributed by atoms with van der Waals surface area (Å²) in [6, 6.07) is 24.8. The molecule has 1 atom stereocenters. The summed E-state index contributed by atoms with van der Waals surface area (Å²) in [5.41, 5.74) is 9.35. The minimum absolute atomic E-state index is 0.0187. The van der Waals surface area contributed by atoms with Gasteiger partial charge in [0, 0.05) is 55.1 Å². The predicted octanol–water partition coefficient (Wildman–Crippen LogP) is 9.52. The molecule has 1 aromatic heterocycles. The molecule has 3 aromatic carbocycles. The van der Waals surface area contributed by atoms with Crippen LogP contribution in [-0.4, -0.2) is 39.5 Å². The van der Waals surface area contributed by atoms with Crippen LogP contribution < -0.4 is 0 Å². The number of imidazole rings is 1. The summed E-state index contributed by atoms with van der Waals surface area (Å²) in [4.78, 5) is 18.5. The molecule has 1 unspecified atom stereocenters. The van der Waals surface area contributed by atoms with Gasteiger partial charge in [0.1, 0.15) is 0 Å². The third-order valence-corrected chi connectivity index (χ3v) is 12.5. The molecule has 0 N–H and O–H groups in total. The number of hydrogen-bond donors (Lipinski definition) is 0. The van der Waals surface area contributed by atoms with Gasteiger partial charge in [-0.15, -0.1) is 0 Å². The Morgan fingerprint density at radius 2 is 1.60 bits per heavy atom. The number of carbonyl (C=O) groups excluding carboxylic acids is 1. The molecule has 3 fully saturated rings. The highest BCUT2D eigenvalue weighted by atomic mass is 16.1. The molecule has 0 radical (unpaired) electrons. The highest BCUT2D eigenvalue weighted by molar-refractivity contribution is 6.06. The number of benzene rings is 3. The minimum atomic E-state index is 0.0187. The number of quaternary nitrogens is 1. The Balaban J connectivity index is 1.10. The Kier molecular flexibility index (Phi) is 8.04. The monoisotopic (exact) mass is 624 g/mol. The van der Waals surface area contributed by atoms with Crippen LogP contribution in [0.2, 0.25) is 0 Å². The van der Waals surface area contributed by atoms with Gasteiger partial charge in [0.25, 0.3) is 0 Å². The molecular formula is C43H50N3O+. The van der Waals surface area contributed by atoms with Crippen LogP contribution in [0.4, 0.5) is 0 Å². The van der Waals surface area contributed by atoms with E-state index in [2.05, 4.69) is 90.3 Å². The number of fused-ring (bicyclic) bond motifs is 2. The van der Waals surface area contributed by atoms with Gasteiger partial charge in [-0.25, -0.2) is 4.98 Å². The molecule has 4 nitrogen and oxygen atoms in total. The number of rotatable bonds is 11. The quantitative estimate of drug-likeness (QED) is 0.123. The van der Waals surface area contributed by atoms with Crippen molar-refractivity contribution in [2.45, 2.75) is 101 Å². The Morgan fingerprint density at radius 1 is 0.894 bits per heavy atom. The topological polar surface area (TPSA) is 34.9 Å². The smallest absolute Gasteiger partial charge is 0.228 e.